The summed E-state index contributed by atoms with van der Waals surface area (Å²) in [6.07, 6.45) is 5.49. The first-order valence-corrected chi connectivity index (χ1v) is 10.3. The minimum absolute atomic E-state index is 0.0229. The van der Waals surface area contributed by atoms with Gasteiger partial charge in [0.25, 0.3) is 5.91 Å². The lowest BCUT2D eigenvalue weighted by Crippen LogP contribution is -2.41. The molecule has 5 nitrogen and oxygen atoms in total. The Labute approximate surface area is 160 Å². The summed E-state index contributed by atoms with van der Waals surface area (Å²) in [6, 6.07) is 7.96. The monoisotopic (exact) mass is 385 g/mol. The van der Waals surface area contributed by atoms with Crippen LogP contribution in [-0.4, -0.2) is 40.0 Å². The summed E-state index contributed by atoms with van der Waals surface area (Å²) in [6.45, 7) is 1.99. The fraction of sp³-hybridized carbons (Fsp3) is 0.316. The van der Waals surface area contributed by atoms with Crippen molar-refractivity contribution in [3.8, 4) is 9.88 Å². The van der Waals surface area contributed by atoms with Crippen molar-refractivity contribution in [3.63, 3.8) is 0 Å². The van der Waals surface area contributed by atoms with Crippen LogP contribution in [0.2, 0.25) is 0 Å². The number of pyridine rings is 1. The van der Waals surface area contributed by atoms with Gasteiger partial charge in [0, 0.05) is 30.9 Å². The topological polar surface area (TPSA) is 55.3 Å². The van der Waals surface area contributed by atoms with Gasteiger partial charge in [0.1, 0.15) is 10.7 Å². The molecule has 7 heteroatoms. The summed E-state index contributed by atoms with van der Waals surface area (Å²) in [7, 11) is 0. The lowest BCUT2D eigenvalue weighted by Gasteiger charge is -2.31. The molecule has 3 aromatic rings. The van der Waals surface area contributed by atoms with Crippen LogP contribution in [0, 0.1) is 0 Å². The molecule has 1 amide bonds. The average Bonchev–Trinajstić information content (AvgIpc) is 3.38. The number of ether oxygens (including phenoxy) is 1. The Hall–Kier alpha value is -2.09. The second-order valence-electron chi connectivity index (χ2n) is 6.18. The molecular weight excluding hydrogens is 366 g/mol. The molecule has 0 N–H and O–H groups in total. The van der Waals surface area contributed by atoms with Gasteiger partial charge in [-0.25, -0.2) is 4.98 Å². The minimum Gasteiger partial charge on any atom is -0.373 e. The predicted octanol–water partition coefficient (Wildman–Crippen LogP) is 4.09. The first kappa shape index (κ1) is 17.3. The van der Waals surface area contributed by atoms with Crippen LogP contribution in [0.3, 0.4) is 0 Å². The van der Waals surface area contributed by atoms with Gasteiger partial charge in [-0.3, -0.25) is 9.78 Å². The van der Waals surface area contributed by atoms with Gasteiger partial charge in [-0.05, 0) is 35.9 Å². The molecule has 0 radical (unpaired) electrons. The third-order valence-corrected chi connectivity index (χ3v) is 6.27. The number of aromatic nitrogens is 2. The Morgan fingerprint density at radius 2 is 2.12 bits per heavy atom. The van der Waals surface area contributed by atoms with Gasteiger partial charge in [0.15, 0.2) is 0 Å². The number of hydrogen-bond donors (Lipinski definition) is 0. The minimum atomic E-state index is 0.0229. The molecule has 1 aliphatic heterocycles. The molecule has 1 fully saturated rings. The Kier molecular flexibility index (Phi) is 5.38. The van der Waals surface area contributed by atoms with Crippen LogP contribution in [0.25, 0.3) is 9.88 Å². The molecule has 0 atom stereocenters. The Morgan fingerprint density at radius 1 is 1.23 bits per heavy atom. The van der Waals surface area contributed by atoms with Crippen molar-refractivity contribution < 1.29 is 9.53 Å². The molecule has 0 aliphatic carbocycles. The van der Waals surface area contributed by atoms with Crippen LogP contribution >= 0.6 is 22.7 Å². The van der Waals surface area contributed by atoms with Crippen molar-refractivity contribution in [1.82, 2.24) is 14.9 Å². The highest BCUT2D eigenvalue weighted by Crippen LogP contribution is 2.28. The van der Waals surface area contributed by atoms with E-state index >= 15 is 0 Å². The van der Waals surface area contributed by atoms with E-state index in [0.29, 0.717) is 25.4 Å². The van der Waals surface area contributed by atoms with Gasteiger partial charge < -0.3 is 9.64 Å². The summed E-state index contributed by atoms with van der Waals surface area (Å²) < 4.78 is 5.97. The predicted molar refractivity (Wildman–Crippen MR) is 103 cm³/mol. The van der Waals surface area contributed by atoms with E-state index in [1.807, 2.05) is 46.1 Å². The number of amides is 1. The van der Waals surface area contributed by atoms with Gasteiger partial charge in [-0.2, -0.15) is 0 Å². The fourth-order valence-corrected chi connectivity index (χ4v) is 4.58. The zero-order chi connectivity index (χ0) is 17.8. The molecule has 0 aromatic carbocycles. The van der Waals surface area contributed by atoms with Crippen molar-refractivity contribution in [2.24, 2.45) is 0 Å². The van der Waals surface area contributed by atoms with E-state index < -0.39 is 0 Å². The highest BCUT2D eigenvalue weighted by Gasteiger charge is 2.25. The zero-order valence-electron chi connectivity index (χ0n) is 14.2. The van der Waals surface area contributed by atoms with Crippen LogP contribution in [0.15, 0.2) is 47.4 Å². The molecule has 4 rings (SSSR count). The van der Waals surface area contributed by atoms with E-state index in [2.05, 4.69) is 9.97 Å². The number of thiazole rings is 1. The van der Waals surface area contributed by atoms with Gasteiger partial charge in [-0.1, -0.05) is 12.1 Å². The molecule has 3 aromatic heterocycles. The number of nitrogens with zero attached hydrogens (tertiary/aromatic N) is 3. The summed E-state index contributed by atoms with van der Waals surface area (Å²) in [4.78, 5) is 24.3. The normalized spacial score (nSPS) is 15.3. The third-order valence-electron chi connectivity index (χ3n) is 4.39. The summed E-state index contributed by atoms with van der Waals surface area (Å²) in [5, 5.41) is 4.80. The van der Waals surface area contributed by atoms with Crippen molar-refractivity contribution in [3.05, 3.63) is 58.7 Å². The van der Waals surface area contributed by atoms with Crippen molar-refractivity contribution in [2.75, 3.05) is 13.1 Å². The molecule has 0 spiro atoms. The van der Waals surface area contributed by atoms with E-state index in [1.165, 1.54) is 11.3 Å². The quantitative estimate of drug-likeness (QED) is 0.664. The maximum Gasteiger partial charge on any atom is 0.273 e. The maximum atomic E-state index is 12.7. The van der Waals surface area contributed by atoms with E-state index in [1.54, 1.807) is 17.5 Å². The number of thiophene rings is 1. The lowest BCUT2D eigenvalue weighted by molar-refractivity contribution is -0.000578. The molecule has 0 saturated carbocycles. The van der Waals surface area contributed by atoms with Crippen molar-refractivity contribution >= 4 is 28.6 Å². The van der Waals surface area contributed by atoms with Crippen LogP contribution < -0.4 is 0 Å². The van der Waals surface area contributed by atoms with Crippen LogP contribution in [-0.2, 0) is 11.3 Å². The molecular formula is C19H19N3O2S2. The van der Waals surface area contributed by atoms with Crippen LogP contribution in [0.5, 0.6) is 0 Å². The smallest absolute Gasteiger partial charge is 0.273 e. The number of carbonyl (C=O) groups is 1. The number of likely N-dealkylation sites (tertiary alicyclic amines) is 1. The SMILES string of the molecule is O=C(c1csc(-c2cccs2)n1)N1CCC(OCc2cccnc2)CC1. The highest BCUT2D eigenvalue weighted by atomic mass is 32.1. The summed E-state index contributed by atoms with van der Waals surface area (Å²) >= 11 is 3.17. The number of rotatable bonds is 5. The van der Waals surface area contributed by atoms with E-state index in [4.69, 9.17) is 4.74 Å². The van der Waals surface area contributed by atoms with Gasteiger partial charge in [0.05, 0.1) is 17.6 Å². The second kappa shape index (κ2) is 8.07. The maximum absolute atomic E-state index is 12.7. The molecule has 0 unspecified atom stereocenters. The molecule has 4 heterocycles. The molecule has 1 aliphatic rings. The van der Waals surface area contributed by atoms with Gasteiger partial charge >= 0.3 is 0 Å². The van der Waals surface area contributed by atoms with E-state index in [9.17, 15) is 4.79 Å². The standard InChI is InChI=1S/C19H19N3O2S2/c23-19(16-13-26-18(21-16)17-4-2-10-25-17)22-8-5-15(6-9-22)24-12-14-3-1-7-20-11-14/h1-4,7,10-11,13,15H,5-6,8-9,12H2. The largest absolute Gasteiger partial charge is 0.373 e. The van der Waals surface area contributed by atoms with Crippen molar-refractivity contribution in [1.29, 1.82) is 0 Å². The second-order valence-corrected chi connectivity index (χ2v) is 7.98. The first-order valence-electron chi connectivity index (χ1n) is 8.59. The number of piperidine rings is 1. The Morgan fingerprint density at radius 3 is 2.85 bits per heavy atom. The fourth-order valence-electron chi connectivity index (χ4n) is 2.97. The van der Waals surface area contributed by atoms with Gasteiger partial charge in [0.2, 0.25) is 0 Å². The van der Waals surface area contributed by atoms with Crippen molar-refractivity contribution in [2.45, 2.75) is 25.6 Å². The van der Waals surface area contributed by atoms with Gasteiger partial charge in [-0.15, -0.1) is 22.7 Å². The first-order chi connectivity index (χ1) is 12.8. The molecule has 1 saturated heterocycles. The van der Waals surface area contributed by atoms with E-state index in [0.717, 1.165) is 28.3 Å². The van der Waals surface area contributed by atoms with Crippen LogP contribution in [0.4, 0.5) is 0 Å². The van der Waals surface area contributed by atoms with Crippen LogP contribution in [0.1, 0.15) is 28.9 Å². The third kappa shape index (κ3) is 4.00. The Balaban J connectivity index is 1.29. The molecule has 0 bridgehead atoms. The zero-order valence-corrected chi connectivity index (χ0v) is 15.8. The molecule has 134 valence electrons. The van der Waals surface area contributed by atoms with E-state index in [-0.39, 0.29) is 12.0 Å². The lowest BCUT2D eigenvalue weighted by atomic mass is 10.1. The number of hydrogen-bond acceptors (Lipinski definition) is 6. The molecule has 26 heavy (non-hydrogen) atoms. The average molecular weight is 386 g/mol. The Bertz CT molecular complexity index is 841. The summed E-state index contributed by atoms with van der Waals surface area (Å²) in [5.41, 5.74) is 1.63. The summed E-state index contributed by atoms with van der Waals surface area (Å²) in [5.74, 6) is 0.0229. The number of carbonyl (C=O) groups excluding carboxylic acids is 1. The highest BCUT2D eigenvalue weighted by molar-refractivity contribution is 7.20.